The molecule has 0 aromatic heterocycles. The Hall–Kier alpha value is -0.286. The van der Waals surface area contributed by atoms with Gasteiger partial charge in [0.2, 0.25) is 0 Å². The van der Waals surface area contributed by atoms with Crippen molar-refractivity contribution in [3.63, 3.8) is 0 Å². The summed E-state index contributed by atoms with van der Waals surface area (Å²) in [6, 6.07) is 9.41. The number of nitrogens with two attached hydrogens (primary N) is 1. The van der Waals surface area contributed by atoms with Crippen LogP contribution in [0.3, 0.4) is 0 Å². The molecule has 4 nitrogen and oxygen atoms in total. The van der Waals surface area contributed by atoms with E-state index < -0.39 is 0 Å². The van der Waals surface area contributed by atoms with Gasteiger partial charge in [0, 0.05) is 53.3 Å². The first-order valence-corrected chi connectivity index (χ1v) is 8.35. The molecule has 5 heteroatoms. The van der Waals surface area contributed by atoms with Crippen LogP contribution in [0.5, 0.6) is 0 Å². The van der Waals surface area contributed by atoms with Crippen LogP contribution in [0.25, 0.3) is 5.43 Å². The summed E-state index contributed by atoms with van der Waals surface area (Å²) in [5.74, 6) is 4.97. The van der Waals surface area contributed by atoms with Crippen molar-refractivity contribution in [3.8, 4) is 0 Å². The van der Waals surface area contributed by atoms with Crippen LogP contribution in [0.2, 0.25) is 0 Å². The third-order valence-electron chi connectivity index (χ3n) is 2.98. The van der Waals surface area contributed by atoms with Crippen molar-refractivity contribution in [2.45, 2.75) is 57.8 Å². The average Bonchev–Trinajstić information content (AvgIpc) is 2.59. The van der Waals surface area contributed by atoms with Crippen LogP contribution < -0.4 is 5.84 Å². The number of methoxy groups -OCH3 is 1. The number of rotatable bonds is 10. The average molecular weight is 411 g/mol. The maximum Gasteiger partial charge on any atom is 0.119 e. The molecule has 1 aromatic rings. The molecule has 24 heavy (non-hydrogen) atoms. The molecule has 0 heterocycles. The molecule has 0 saturated heterocycles. The summed E-state index contributed by atoms with van der Waals surface area (Å²) in [6.45, 7) is 3.81. The first-order chi connectivity index (χ1) is 11.3. The van der Waals surface area contributed by atoms with Gasteiger partial charge in [-0.3, -0.25) is 0 Å². The molecular formula is C19H34N2O2Y-2. The van der Waals surface area contributed by atoms with Gasteiger partial charge in [0.05, 0.1) is 0 Å². The van der Waals surface area contributed by atoms with E-state index >= 15 is 0 Å². The van der Waals surface area contributed by atoms with Gasteiger partial charge in [0.1, 0.15) is 6.29 Å². The van der Waals surface area contributed by atoms with E-state index in [2.05, 4.69) is 17.1 Å². The number of carbonyl (C=O) groups is 1. The zero-order valence-electron chi connectivity index (χ0n) is 15.5. The standard InChI is InChI=1S/C11H21O.C6H7N2.C2H6O.Y/c1-2-3-4-5-6-7-8-9-10-11-12;7-8-6-4-2-1-3-5-6;1-3-2;/h11H,1-10H2;1-5H,7H2;1-2H3;/q2*-1;;. The summed E-state index contributed by atoms with van der Waals surface area (Å²) in [7, 11) is 3.25. The largest absolute Gasteiger partial charge is 0.625 e. The molecule has 2 N–H and O–H groups in total. The first-order valence-electron chi connectivity index (χ1n) is 8.35. The second-order valence-corrected chi connectivity index (χ2v) is 5.16. The van der Waals surface area contributed by atoms with Crippen molar-refractivity contribution in [1.29, 1.82) is 0 Å². The van der Waals surface area contributed by atoms with Crippen LogP contribution in [-0.4, -0.2) is 20.5 Å². The Kier molecular flexibility index (Phi) is 32.7. The Bertz CT molecular complexity index is 324. The quantitative estimate of drug-likeness (QED) is 0.185. The molecule has 0 aliphatic rings. The third kappa shape index (κ3) is 26.6. The van der Waals surface area contributed by atoms with Gasteiger partial charge in [-0.2, -0.15) is 6.42 Å². The molecule has 0 spiro atoms. The van der Waals surface area contributed by atoms with Gasteiger partial charge < -0.3 is 27.7 Å². The van der Waals surface area contributed by atoms with Crippen molar-refractivity contribution in [2.75, 3.05) is 14.2 Å². The Labute approximate surface area is 174 Å². The summed E-state index contributed by atoms with van der Waals surface area (Å²) >= 11 is 0. The first kappa shape index (κ1) is 28.5. The van der Waals surface area contributed by atoms with Crippen LogP contribution in [0, 0.1) is 6.92 Å². The predicted octanol–water partition coefficient (Wildman–Crippen LogP) is 5.36. The number of ether oxygens (including phenoxy) is 1. The molecule has 0 fully saturated rings. The van der Waals surface area contributed by atoms with Gasteiger partial charge in [-0.15, -0.1) is 5.69 Å². The van der Waals surface area contributed by atoms with Crippen LogP contribution >= 0.6 is 0 Å². The molecule has 0 aliphatic heterocycles. The van der Waals surface area contributed by atoms with Gasteiger partial charge in [-0.25, -0.2) is 0 Å². The van der Waals surface area contributed by atoms with E-state index in [4.69, 9.17) is 5.84 Å². The Morgan fingerprint density at radius 3 is 1.83 bits per heavy atom. The summed E-state index contributed by atoms with van der Waals surface area (Å²) in [5, 5.41) is 0. The maximum atomic E-state index is 9.97. The molecular weight excluding hydrogens is 377 g/mol. The van der Waals surface area contributed by atoms with E-state index in [1.165, 1.54) is 38.5 Å². The van der Waals surface area contributed by atoms with E-state index in [0.29, 0.717) is 0 Å². The fourth-order valence-corrected chi connectivity index (χ4v) is 1.80. The Morgan fingerprint density at radius 2 is 1.46 bits per heavy atom. The van der Waals surface area contributed by atoms with E-state index in [-0.39, 0.29) is 32.7 Å². The minimum absolute atomic E-state index is 0. The molecule has 0 bridgehead atoms. The second-order valence-electron chi connectivity index (χ2n) is 5.16. The maximum absolute atomic E-state index is 9.97. The fourth-order valence-electron chi connectivity index (χ4n) is 1.80. The number of nitrogens with zero attached hydrogens (tertiary/aromatic N) is 1. The van der Waals surface area contributed by atoms with Crippen molar-refractivity contribution in [2.24, 2.45) is 5.84 Å². The normalized spacial score (nSPS) is 8.67. The van der Waals surface area contributed by atoms with E-state index in [9.17, 15) is 4.79 Å². The SMILES string of the molecule is COC.N[N-]c1ccccc1.[CH2-]CCCCCCCCCC=O.[Y]. The van der Waals surface area contributed by atoms with Gasteiger partial charge in [0.25, 0.3) is 0 Å². The number of hydrogen-bond donors (Lipinski definition) is 1. The van der Waals surface area contributed by atoms with Crippen LogP contribution in [0.15, 0.2) is 30.3 Å². The minimum atomic E-state index is 0. The van der Waals surface area contributed by atoms with Crippen molar-refractivity contribution >= 4 is 12.0 Å². The van der Waals surface area contributed by atoms with Crippen molar-refractivity contribution < 1.29 is 42.2 Å². The van der Waals surface area contributed by atoms with Gasteiger partial charge in [0.15, 0.2) is 0 Å². The predicted molar refractivity (Wildman–Crippen MR) is 99.6 cm³/mol. The number of benzene rings is 1. The second kappa shape index (κ2) is 27.6. The molecule has 0 saturated carbocycles. The van der Waals surface area contributed by atoms with E-state index in [0.717, 1.165) is 31.2 Å². The van der Waals surface area contributed by atoms with Crippen LogP contribution in [0.1, 0.15) is 57.8 Å². The molecule has 1 radical (unpaired) electrons. The Balaban J connectivity index is -0.000000317. The molecule has 0 amide bonds. The van der Waals surface area contributed by atoms with Crippen LogP contribution in [-0.2, 0) is 42.2 Å². The number of carbonyl (C=O) groups excluding carboxylic acids is 1. The topological polar surface area (TPSA) is 66.4 Å². The van der Waals surface area contributed by atoms with Crippen molar-refractivity contribution in [3.05, 3.63) is 42.7 Å². The minimum Gasteiger partial charge on any atom is -0.625 e. The Morgan fingerprint density at radius 1 is 1.00 bits per heavy atom. The van der Waals surface area contributed by atoms with Crippen LogP contribution in [0.4, 0.5) is 5.69 Å². The molecule has 0 atom stereocenters. The van der Waals surface area contributed by atoms with Crippen molar-refractivity contribution in [1.82, 2.24) is 0 Å². The van der Waals surface area contributed by atoms with Gasteiger partial charge in [-0.1, -0.05) is 68.9 Å². The zero-order chi connectivity index (χ0) is 17.6. The van der Waals surface area contributed by atoms with E-state index in [1.807, 2.05) is 30.3 Å². The molecule has 1 rings (SSSR count). The number of unbranched alkanes of at least 4 members (excludes halogenated alkanes) is 8. The smallest absolute Gasteiger partial charge is 0.119 e. The summed E-state index contributed by atoms with van der Waals surface area (Å²) in [4.78, 5) is 9.97. The van der Waals surface area contributed by atoms with Gasteiger partial charge >= 0.3 is 0 Å². The fraction of sp³-hybridized carbons (Fsp3) is 0.579. The third-order valence-corrected chi connectivity index (χ3v) is 2.98. The number of hydrogen-bond acceptors (Lipinski definition) is 3. The zero-order valence-corrected chi connectivity index (χ0v) is 18.3. The molecule has 1 aromatic carbocycles. The molecule has 137 valence electrons. The monoisotopic (exact) mass is 411 g/mol. The summed E-state index contributed by atoms with van der Waals surface area (Å²) in [5.41, 5.74) is 4.28. The molecule has 0 aliphatic carbocycles. The number of aldehydes is 1. The van der Waals surface area contributed by atoms with E-state index in [1.54, 1.807) is 14.2 Å². The summed E-state index contributed by atoms with van der Waals surface area (Å²) in [6.07, 6.45) is 11.7. The molecule has 0 unspecified atom stereocenters. The summed E-state index contributed by atoms with van der Waals surface area (Å²) < 4.78 is 4.25. The van der Waals surface area contributed by atoms with Gasteiger partial charge in [-0.05, 0) is 6.42 Å².